The van der Waals surface area contributed by atoms with Gasteiger partial charge in [0.2, 0.25) is 0 Å². The van der Waals surface area contributed by atoms with E-state index in [0.29, 0.717) is 37.5 Å². The van der Waals surface area contributed by atoms with Gasteiger partial charge in [0.1, 0.15) is 11.5 Å². The van der Waals surface area contributed by atoms with Crippen molar-refractivity contribution in [3.8, 4) is 24.0 Å². The number of phenolic OH excluding ortho intramolecular Hbond substituents is 2. The number of allylic oxidation sites excluding steroid dienone is 1. The van der Waals surface area contributed by atoms with Gasteiger partial charge in [-0.2, -0.15) is 0 Å². The first kappa shape index (κ1) is 37.9. The first-order valence-electron chi connectivity index (χ1n) is 15.7. The van der Waals surface area contributed by atoms with Gasteiger partial charge < -0.3 is 14.9 Å². The maximum Gasteiger partial charge on any atom is 0.306 e. The summed E-state index contributed by atoms with van der Waals surface area (Å²) in [6, 6.07) is 4.12. The first-order valence-corrected chi connectivity index (χ1v) is 16.5. The lowest BCUT2D eigenvalue weighted by Crippen LogP contribution is -2.21. The predicted octanol–water partition coefficient (Wildman–Crippen LogP) is 9.43. The molecule has 0 unspecified atom stereocenters. The number of benzene rings is 2. The Morgan fingerprint density at radius 3 is 1.98 bits per heavy atom. The molecule has 0 atom stereocenters. The van der Waals surface area contributed by atoms with E-state index in [1.807, 2.05) is 12.2 Å². The number of hydrogen-bond donors (Lipinski definition) is 2. The average Bonchev–Trinajstić information content (AvgIpc) is 2.86. The van der Waals surface area contributed by atoms with Crippen LogP contribution in [0.15, 0.2) is 34.3 Å². The zero-order valence-corrected chi connectivity index (χ0v) is 30.3. The zero-order valence-electron chi connectivity index (χ0n) is 29.5. The predicted molar refractivity (Wildman–Crippen MR) is 184 cm³/mol. The summed E-state index contributed by atoms with van der Waals surface area (Å²) in [5.74, 6) is 0.864. The summed E-state index contributed by atoms with van der Waals surface area (Å²) in [4.78, 5) is 24.1. The molecule has 2 aromatic carbocycles. The lowest BCUT2D eigenvalue weighted by atomic mass is 9.76. The van der Waals surface area contributed by atoms with Gasteiger partial charge in [-0.25, -0.2) is 4.89 Å². The number of carbonyl (C=O) groups is 1. The summed E-state index contributed by atoms with van der Waals surface area (Å²) in [5, 5.41) is 23.9. The topological polar surface area (TPSA) is 85.2 Å². The third-order valence-corrected chi connectivity index (χ3v) is 8.56. The molecule has 2 aromatic rings. The highest BCUT2D eigenvalue weighted by molar-refractivity contribution is 7.99. The molecular weight excluding hydrogens is 584 g/mol. The molecule has 2 rings (SSSR count). The molecule has 0 bridgehead atoms. The Labute approximate surface area is 275 Å². The van der Waals surface area contributed by atoms with Gasteiger partial charge in [-0.1, -0.05) is 107 Å². The van der Waals surface area contributed by atoms with Crippen LogP contribution in [0.5, 0.6) is 11.5 Å². The Hall–Kier alpha value is -3.24. The minimum atomic E-state index is -0.437. The molecular formula is C38H54O6S. The van der Waals surface area contributed by atoms with E-state index in [-0.39, 0.29) is 29.3 Å². The Bertz CT molecular complexity index is 1430. The molecule has 0 heterocycles. The van der Waals surface area contributed by atoms with Crippen LogP contribution in [-0.4, -0.2) is 22.8 Å². The molecule has 2 N–H and O–H groups in total. The highest BCUT2D eigenvalue weighted by Crippen LogP contribution is 2.52. The van der Waals surface area contributed by atoms with E-state index in [1.165, 1.54) is 11.8 Å². The van der Waals surface area contributed by atoms with Crippen molar-refractivity contribution in [2.75, 3.05) is 6.61 Å². The van der Waals surface area contributed by atoms with Gasteiger partial charge in [-0.3, -0.25) is 9.68 Å². The number of aromatic hydroxyl groups is 2. The maximum atomic E-state index is 12.4. The van der Waals surface area contributed by atoms with Crippen LogP contribution in [0, 0.1) is 18.4 Å². The second kappa shape index (κ2) is 14.9. The van der Waals surface area contributed by atoms with E-state index in [1.54, 1.807) is 6.92 Å². The van der Waals surface area contributed by atoms with Crippen molar-refractivity contribution in [3.63, 3.8) is 0 Å². The van der Waals surface area contributed by atoms with E-state index >= 15 is 0 Å². The third-order valence-electron chi connectivity index (χ3n) is 7.34. The lowest BCUT2D eigenvalue weighted by Gasteiger charge is -2.33. The normalized spacial score (nSPS) is 12.2. The summed E-state index contributed by atoms with van der Waals surface area (Å²) in [7, 11) is 0. The van der Waals surface area contributed by atoms with Crippen molar-refractivity contribution in [3.05, 3.63) is 57.9 Å². The molecule has 7 heteroatoms. The summed E-state index contributed by atoms with van der Waals surface area (Å²) in [5.41, 5.74) is 3.81. The zero-order chi connectivity index (χ0) is 34.5. The Morgan fingerprint density at radius 2 is 1.49 bits per heavy atom. The molecule has 0 amide bonds. The third kappa shape index (κ3) is 9.87. The van der Waals surface area contributed by atoms with E-state index in [0.717, 1.165) is 43.2 Å². The minimum Gasteiger partial charge on any atom is -0.507 e. The second-order valence-electron chi connectivity index (χ2n) is 15.1. The first-order chi connectivity index (χ1) is 20.6. The van der Waals surface area contributed by atoms with Crippen LogP contribution >= 0.6 is 11.8 Å². The molecule has 0 saturated heterocycles. The monoisotopic (exact) mass is 638 g/mol. The molecule has 0 radical (unpaired) electrons. The van der Waals surface area contributed by atoms with Crippen molar-refractivity contribution in [2.45, 2.75) is 135 Å². The number of hydrogen-bond acceptors (Lipinski definition) is 7. The SMILES string of the molecule is C#COOC(=C)Cc1cc(CC(C)C)c(O)c(C(C)(C)C)c1Sc1cc(CCC(=O)OCC)c(C(C)(C)C)c(O)c1C(C)(C)C. The molecule has 0 spiro atoms. The second-order valence-corrected chi connectivity index (χ2v) is 16.2. The van der Waals surface area contributed by atoms with Crippen LogP contribution in [0.2, 0.25) is 0 Å². The molecule has 248 valence electrons. The van der Waals surface area contributed by atoms with Crippen LogP contribution in [0.25, 0.3) is 0 Å². The highest BCUT2D eigenvalue weighted by Gasteiger charge is 2.34. The fraction of sp³-hybridized carbons (Fsp3) is 0.553. The Kier molecular flexibility index (Phi) is 12.6. The van der Waals surface area contributed by atoms with Gasteiger partial charge in [0.05, 0.1) is 6.61 Å². The van der Waals surface area contributed by atoms with E-state index in [9.17, 15) is 15.0 Å². The molecule has 0 saturated carbocycles. The standard InChI is InChI=1S/C38H54O6S/c1-15-42-29(39)18-17-25-22-28(31(37(9,10)11)34(41)30(25)36(6,7)8)45-35-27(20-24(5)44-43-16-2)21-26(19-23(3)4)33(40)32(35)38(12,13)14/h2,21-23,40-41H,5,15,17-20H2,1,3-4,6-14H3. The molecule has 0 fully saturated rings. The van der Waals surface area contributed by atoms with Crippen LogP contribution in [-0.2, 0) is 54.8 Å². The number of aryl methyl sites for hydroxylation is 1. The summed E-state index contributed by atoms with van der Waals surface area (Å²) in [6.07, 6.45) is 8.86. The summed E-state index contributed by atoms with van der Waals surface area (Å²) < 4.78 is 5.23. The average molecular weight is 639 g/mol. The Balaban J connectivity index is 3.01. The fourth-order valence-electron chi connectivity index (χ4n) is 5.75. The van der Waals surface area contributed by atoms with Crippen molar-refractivity contribution in [1.82, 2.24) is 0 Å². The maximum absolute atomic E-state index is 12.4. The van der Waals surface area contributed by atoms with Gasteiger partial charge in [-0.15, -0.1) is 0 Å². The van der Waals surface area contributed by atoms with Crippen molar-refractivity contribution in [2.24, 2.45) is 5.92 Å². The van der Waals surface area contributed by atoms with Gasteiger partial charge in [-0.05, 0) is 64.7 Å². The van der Waals surface area contributed by atoms with Crippen LogP contribution in [0.1, 0.15) is 123 Å². The van der Waals surface area contributed by atoms with Gasteiger partial charge >= 0.3 is 5.97 Å². The van der Waals surface area contributed by atoms with Crippen molar-refractivity contribution in [1.29, 1.82) is 0 Å². The minimum absolute atomic E-state index is 0.199. The smallest absolute Gasteiger partial charge is 0.306 e. The number of esters is 1. The molecule has 45 heavy (non-hydrogen) atoms. The molecule has 0 aromatic heterocycles. The van der Waals surface area contributed by atoms with Gasteiger partial charge in [0.25, 0.3) is 0 Å². The van der Waals surface area contributed by atoms with Crippen LogP contribution in [0.4, 0.5) is 0 Å². The molecule has 0 aliphatic rings. The number of ether oxygens (including phenoxy) is 1. The van der Waals surface area contributed by atoms with Crippen molar-refractivity contribution >= 4 is 17.7 Å². The largest absolute Gasteiger partial charge is 0.507 e. The molecule has 0 aliphatic carbocycles. The summed E-state index contributed by atoms with van der Waals surface area (Å²) >= 11 is 1.51. The fourth-order valence-corrected chi connectivity index (χ4v) is 7.45. The van der Waals surface area contributed by atoms with E-state index < -0.39 is 10.8 Å². The summed E-state index contributed by atoms with van der Waals surface area (Å²) in [6.45, 7) is 29.1. The van der Waals surface area contributed by atoms with Crippen LogP contribution < -0.4 is 0 Å². The number of terminal acetylenes is 1. The van der Waals surface area contributed by atoms with Gasteiger partial charge in [0, 0.05) is 39.3 Å². The quantitative estimate of drug-likeness (QED) is 0.0788. The number of carbonyl (C=O) groups excluding carboxylic acids is 1. The number of rotatable bonds is 12. The van der Waals surface area contributed by atoms with E-state index in [4.69, 9.17) is 20.9 Å². The lowest BCUT2D eigenvalue weighted by molar-refractivity contribution is -0.198. The van der Waals surface area contributed by atoms with Gasteiger partial charge in [0.15, 0.2) is 11.9 Å². The van der Waals surface area contributed by atoms with Crippen molar-refractivity contribution < 1.29 is 29.5 Å². The molecule has 6 nitrogen and oxygen atoms in total. The number of phenols is 2. The Morgan fingerprint density at radius 1 is 0.911 bits per heavy atom. The molecule has 0 aliphatic heterocycles. The highest BCUT2D eigenvalue weighted by atomic mass is 32.2. The van der Waals surface area contributed by atoms with E-state index in [2.05, 4.69) is 88.8 Å². The van der Waals surface area contributed by atoms with Crippen LogP contribution in [0.3, 0.4) is 0 Å².